The number of carbonyl (C=O) groups excluding carboxylic acids is 1. The maximum absolute atomic E-state index is 11.9. The average Bonchev–Trinajstić information content (AvgIpc) is 2.64. The van der Waals surface area contributed by atoms with E-state index >= 15 is 0 Å². The number of likely N-dealkylation sites (N-methyl/N-ethyl adjacent to an activating group) is 1. The molecule has 1 rings (SSSR count). The Bertz CT molecular complexity index is 214. The Morgan fingerprint density at radius 3 is 2.60 bits per heavy atom. The maximum Gasteiger partial charge on any atom is 0.239 e. The van der Waals surface area contributed by atoms with Crippen molar-refractivity contribution >= 4 is 5.91 Å². The van der Waals surface area contributed by atoms with Gasteiger partial charge in [-0.1, -0.05) is 20.8 Å². The number of nitrogens with one attached hydrogen (secondary N) is 1. The van der Waals surface area contributed by atoms with Gasteiger partial charge in [0.15, 0.2) is 0 Å². The first-order chi connectivity index (χ1) is 6.90. The Balaban J connectivity index is 2.32. The van der Waals surface area contributed by atoms with E-state index in [2.05, 4.69) is 26.1 Å². The molecule has 0 spiro atoms. The van der Waals surface area contributed by atoms with Crippen LogP contribution in [0.4, 0.5) is 0 Å². The van der Waals surface area contributed by atoms with Crippen molar-refractivity contribution < 1.29 is 4.79 Å². The van der Waals surface area contributed by atoms with Gasteiger partial charge in [-0.15, -0.1) is 0 Å². The molecule has 1 unspecified atom stereocenters. The molecule has 1 aliphatic heterocycles. The Kier molecular flexibility index (Phi) is 4.14. The van der Waals surface area contributed by atoms with Crippen molar-refractivity contribution in [3.05, 3.63) is 0 Å². The molecule has 3 heteroatoms. The van der Waals surface area contributed by atoms with E-state index in [0.717, 1.165) is 32.4 Å². The fourth-order valence-corrected chi connectivity index (χ4v) is 1.77. The van der Waals surface area contributed by atoms with Crippen molar-refractivity contribution in [1.29, 1.82) is 0 Å². The Morgan fingerprint density at radius 2 is 2.13 bits per heavy atom. The largest absolute Gasteiger partial charge is 0.344 e. The lowest BCUT2D eigenvalue weighted by Gasteiger charge is -2.25. The maximum atomic E-state index is 11.9. The summed E-state index contributed by atoms with van der Waals surface area (Å²) in [6, 6.07) is 0.0787. The van der Waals surface area contributed by atoms with E-state index in [1.165, 1.54) is 0 Å². The number of nitrogens with zero attached hydrogens (tertiary/aromatic N) is 1. The first-order valence-electron chi connectivity index (χ1n) is 5.88. The smallest absolute Gasteiger partial charge is 0.239 e. The lowest BCUT2D eigenvalue weighted by atomic mass is 9.92. The van der Waals surface area contributed by atoms with Crippen molar-refractivity contribution in [3.63, 3.8) is 0 Å². The number of hydrogen-bond donors (Lipinski definition) is 1. The second kappa shape index (κ2) is 4.97. The second-order valence-electron chi connectivity index (χ2n) is 5.72. The molecule has 1 amide bonds. The Labute approximate surface area is 93.2 Å². The number of hydrogen-bond acceptors (Lipinski definition) is 2. The van der Waals surface area contributed by atoms with Gasteiger partial charge in [-0.2, -0.15) is 0 Å². The van der Waals surface area contributed by atoms with Gasteiger partial charge < -0.3 is 10.2 Å². The minimum absolute atomic E-state index is 0.0787. The van der Waals surface area contributed by atoms with E-state index in [0.29, 0.717) is 5.41 Å². The zero-order valence-corrected chi connectivity index (χ0v) is 10.5. The van der Waals surface area contributed by atoms with E-state index in [4.69, 9.17) is 0 Å². The highest BCUT2D eigenvalue weighted by molar-refractivity contribution is 5.81. The summed E-state index contributed by atoms with van der Waals surface area (Å²) >= 11 is 0. The van der Waals surface area contributed by atoms with Gasteiger partial charge in [0.2, 0.25) is 5.91 Å². The topological polar surface area (TPSA) is 32.3 Å². The third kappa shape index (κ3) is 4.20. The van der Waals surface area contributed by atoms with Crippen LogP contribution in [0.1, 0.15) is 40.0 Å². The summed E-state index contributed by atoms with van der Waals surface area (Å²) in [6.45, 7) is 8.47. The fourth-order valence-electron chi connectivity index (χ4n) is 1.77. The van der Waals surface area contributed by atoms with Crippen LogP contribution in [0.25, 0.3) is 0 Å². The Hall–Kier alpha value is -0.570. The SMILES string of the molecule is CN(CCC(C)(C)C)C(=O)C1CCCN1. The molecule has 0 aromatic carbocycles. The molecule has 1 saturated heterocycles. The average molecular weight is 212 g/mol. The molecule has 0 bridgehead atoms. The summed E-state index contributed by atoms with van der Waals surface area (Å²) in [4.78, 5) is 13.8. The summed E-state index contributed by atoms with van der Waals surface area (Å²) in [5.74, 6) is 0.261. The lowest BCUT2D eigenvalue weighted by molar-refractivity contribution is -0.132. The molecular formula is C12H24N2O. The molecule has 0 saturated carbocycles. The molecular weight excluding hydrogens is 188 g/mol. The van der Waals surface area contributed by atoms with Gasteiger partial charge in [0.1, 0.15) is 0 Å². The predicted molar refractivity (Wildman–Crippen MR) is 62.7 cm³/mol. The van der Waals surface area contributed by atoms with E-state index in [9.17, 15) is 4.79 Å². The van der Waals surface area contributed by atoms with E-state index in [1.807, 2.05) is 11.9 Å². The number of rotatable bonds is 3. The molecule has 1 N–H and O–H groups in total. The second-order valence-corrected chi connectivity index (χ2v) is 5.72. The summed E-state index contributed by atoms with van der Waals surface area (Å²) < 4.78 is 0. The van der Waals surface area contributed by atoms with E-state index in [1.54, 1.807) is 0 Å². The van der Waals surface area contributed by atoms with Crippen LogP contribution in [0.2, 0.25) is 0 Å². The molecule has 1 heterocycles. The third-order valence-corrected chi connectivity index (χ3v) is 2.93. The van der Waals surface area contributed by atoms with Crippen LogP contribution in [0.3, 0.4) is 0 Å². The van der Waals surface area contributed by atoms with Gasteiger partial charge in [0.25, 0.3) is 0 Å². The zero-order valence-electron chi connectivity index (χ0n) is 10.5. The van der Waals surface area contributed by atoms with Crippen molar-refractivity contribution in [2.75, 3.05) is 20.1 Å². The highest BCUT2D eigenvalue weighted by atomic mass is 16.2. The van der Waals surface area contributed by atoms with Gasteiger partial charge in [-0.05, 0) is 31.2 Å². The highest BCUT2D eigenvalue weighted by Crippen LogP contribution is 2.19. The standard InChI is InChI=1S/C12H24N2O/c1-12(2,3)7-9-14(4)11(15)10-6-5-8-13-10/h10,13H,5-9H2,1-4H3. The van der Waals surface area contributed by atoms with Crippen LogP contribution in [0.5, 0.6) is 0 Å². The molecule has 15 heavy (non-hydrogen) atoms. The van der Waals surface area contributed by atoms with Crippen LogP contribution >= 0.6 is 0 Å². The third-order valence-electron chi connectivity index (χ3n) is 2.93. The zero-order chi connectivity index (χ0) is 11.5. The molecule has 1 fully saturated rings. The predicted octanol–water partition coefficient (Wildman–Crippen LogP) is 1.63. The van der Waals surface area contributed by atoms with Crippen molar-refractivity contribution in [3.8, 4) is 0 Å². The molecule has 0 aromatic rings. The Morgan fingerprint density at radius 1 is 1.47 bits per heavy atom. The quantitative estimate of drug-likeness (QED) is 0.771. The monoisotopic (exact) mass is 212 g/mol. The number of amides is 1. The van der Waals surface area contributed by atoms with E-state index < -0.39 is 0 Å². The summed E-state index contributed by atoms with van der Waals surface area (Å²) in [6.07, 6.45) is 3.18. The fraction of sp³-hybridized carbons (Fsp3) is 0.917. The van der Waals surface area contributed by atoms with Crippen LogP contribution in [-0.4, -0.2) is 37.0 Å². The van der Waals surface area contributed by atoms with Gasteiger partial charge >= 0.3 is 0 Å². The molecule has 3 nitrogen and oxygen atoms in total. The van der Waals surface area contributed by atoms with Crippen LogP contribution in [0.15, 0.2) is 0 Å². The first-order valence-corrected chi connectivity index (χ1v) is 5.88. The summed E-state index contributed by atoms with van der Waals surface area (Å²) in [5.41, 5.74) is 0.303. The van der Waals surface area contributed by atoms with Gasteiger partial charge in [-0.3, -0.25) is 4.79 Å². The van der Waals surface area contributed by atoms with Crippen LogP contribution in [-0.2, 0) is 4.79 Å². The van der Waals surface area contributed by atoms with Crippen LogP contribution in [0, 0.1) is 5.41 Å². The van der Waals surface area contributed by atoms with Gasteiger partial charge in [0.05, 0.1) is 6.04 Å². The molecule has 0 radical (unpaired) electrons. The van der Waals surface area contributed by atoms with Crippen molar-refractivity contribution in [2.24, 2.45) is 5.41 Å². The van der Waals surface area contributed by atoms with Gasteiger partial charge in [-0.25, -0.2) is 0 Å². The highest BCUT2D eigenvalue weighted by Gasteiger charge is 2.25. The molecule has 88 valence electrons. The molecule has 1 atom stereocenters. The lowest BCUT2D eigenvalue weighted by Crippen LogP contribution is -2.42. The normalized spacial score (nSPS) is 21.7. The molecule has 0 aliphatic carbocycles. The number of carbonyl (C=O) groups is 1. The minimum atomic E-state index is 0.0787. The van der Waals surface area contributed by atoms with Crippen LogP contribution < -0.4 is 5.32 Å². The van der Waals surface area contributed by atoms with Crippen molar-refractivity contribution in [1.82, 2.24) is 10.2 Å². The molecule has 1 aliphatic rings. The van der Waals surface area contributed by atoms with Gasteiger partial charge in [0, 0.05) is 13.6 Å². The summed E-state index contributed by atoms with van der Waals surface area (Å²) in [7, 11) is 1.91. The first kappa shape index (κ1) is 12.5. The van der Waals surface area contributed by atoms with E-state index in [-0.39, 0.29) is 11.9 Å². The summed E-state index contributed by atoms with van der Waals surface area (Å²) in [5, 5.41) is 3.24. The molecule has 0 aromatic heterocycles. The van der Waals surface area contributed by atoms with Crippen molar-refractivity contribution in [2.45, 2.75) is 46.1 Å². The minimum Gasteiger partial charge on any atom is -0.344 e.